The van der Waals surface area contributed by atoms with Gasteiger partial charge in [0.25, 0.3) is 0 Å². The molecule has 2 heterocycles. The Labute approximate surface area is 94.2 Å². The van der Waals surface area contributed by atoms with Gasteiger partial charge in [0, 0.05) is 18.9 Å². The van der Waals surface area contributed by atoms with E-state index in [4.69, 9.17) is 16.3 Å². The molecule has 0 N–H and O–H groups in total. The van der Waals surface area contributed by atoms with Gasteiger partial charge >= 0.3 is 0 Å². The normalized spacial score (nSPS) is 26.7. The molecule has 1 aliphatic heterocycles. The zero-order valence-corrected chi connectivity index (χ0v) is 9.61. The van der Waals surface area contributed by atoms with Gasteiger partial charge in [-0.05, 0) is 13.8 Å². The van der Waals surface area contributed by atoms with Gasteiger partial charge < -0.3 is 9.64 Å². The van der Waals surface area contributed by atoms with Crippen molar-refractivity contribution in [2.24, 2.45) is 0 Å². The van der Waals surface area contributed by atoms with Crippen LogP contribution in [0.5, 0.6) is 0 Å². The van der Waals surface area contributed by atoms with Gasteiger partial charge in [0.05, 0.1) is 18.8 Å². The van der Waals surface area contributed by atoms with E-state index in [2.05, 4.69) is 21.8 Å². The van der Waals surface area contributed by atoms with Crippen molar-refractivity contribution in [2.75, 3.05) is 18.1 Å². The summed E-state index contributed by atoms with van der Waals surface area (Å²) in [5.41, 5.74) is 0. The van der Waals surface area contributed by atoms with Gasteiger partial charge in [-0.1, -0.05) is 11.6 Å². The monoisotopic (exact) mass is 227 g/mol. The quantitative estimate of drug-likeness (QED) is 0.733. The summed E-state index contributed by atoms with van der Waals surface area (Å²) < 4.78 is 5.55. The smallest absolute Gasteiger partial charge is 0.171 e. The van der Waals surface area contributed by atoms with E-state index in [0.717, 1.165) is 12.4 Å². The van der Waals surface area contributed by atoms with Crippen LogP contribution >= 0.6 is 11.6 Å². The van der Waals surface area contributed by atoms with Crippen LogP contribution < -0.4 is 4.90 Å². The first-order chi connectivity index (χ1) is 7.18. The van der Waals surface area contributed by atoms with Crippen LogP contribution in [0.15, 0.2) is 12.4 Å². The number of halogens is 1. The number of hydrogen-bond donors (Lipinski definition) is 0. The highest BCUT2D eigenvalue weighted by Crippen LogP contribution is 2.24. The fourth-order valence-electron chi connectivity index (χ4n) is 1.70. The van der Waals surface area contributed by atoms with Crippen molar-refractivity contribution in [1.29, 1.82) is 0 Å². The molecule has 1 aromatic rings. The molecule has 0 spiro atoms. The molecule has 0 amide bonds. The molecule has 0 radical (unpaired) electrons. The number of anilines is 1. The molecule has 0 saturated carbocycles. The molecule has 15 heavy (non-hydrogen) atoms. The Balaban J connectivity index is 2.25. The molecular weight excluding hydrogens is 214 g/mol. The standard InChI is InChI=1S/C10H14ClN3O/c1-7-6-15-8(2)5-14(7)10-9(11)12-3-4-13-10/h3-4,7-8H,5-6H2,1-2H3. The molecule has 4 nitrogen and oxygen atoms in total. The van der Waals surface area contributed by atoms with Crippen LogP contribution in [-0.4, -0.2) is 35.3 Å². The molecule has 82 valence electrons. The Morgan fingerprint density at radius 3 is 2.87 bits per heavy atom. The number of ether oxygens (including phenoxy) is 1. The molecule has 1 aromatic heterocycles. The lowest BCUT2D eigenvalue weighted by Crippen LogP contribution is -2.48. The lowest BCUT2D eigenvalue weighted by Gasteiger charge is -2.37. The minimum Gasteiger partial charge on any atom is -0.375 e. The van der Waals surface area contributed by atoms with E-state index in [9.17, 15) is 0 Å². The fraction of sp³-hybridized carbons (Fsp3) is 0.600. The predicted octanol–water partition coefficient (Wildman–Crippen LogP) is 1.74. The van der Waals surface area contributed by atoms with Crippen molar-refractivity contribution < 1.29 is 4.74 Å². The summed E-state index contributed by atoms with van der Waals surface area (Å²) in [6.07, 6.45) is 3.47. The van der Waals surface area contributed by atoms with Crippen molar-refractivity contribution in [3.05, 3.63) is 17.5 Å². The van der Waals surface area contributed by atoms with Crippen LogP contribution in [0.4, 0.5) is 5.82 Å². The van der Waals surface area contributed by atoms with Gasteiger partial charge in [-0.25, -0.2) is 9.97 Å². The van der Waals surface area contributed by atoms with E-state index in [1.807, 2.05) is 6.92 Å². The van der Waals surface area contributed by atoms with Crippen LogP contribution in [0.25, 0.3) is 0 Å². The lowest BCUT2D eigenvalue weighted by atomic mass is 10.2. The van der Waals surface area contributed by atoms with Crippen molar-refractivity contribution >= 4 is 17.4 Å². The number of aromatic nitrogens is 2. The van der Waals surface area contributed by atoms with Crippen molar-refractivity contribution in [3.8, 4) is 0 Å². The molecule has 0 aliphatic carbocycles. The highest BCUT2D eigenvalue weighted by atomic mass is 35.5. The summed E-state index contributed by atoms with van der Waals surface area (Å²) in [5.74, 6) is 0.752. The van der Waals surface area contributed by atoms with Gasteiger partial charge in [0.1, 0.15) is 0 Å². The average Bonchev–Trinajstić information content (AvgIpc) is 2.23. The molecule has 2 atom stereocenters. The molecule has 1 aliphatic rings. The van der Waals surface area contributed by atoms with Crippen molar-refractivity contribution in [2.45, 2.75) is 26.0 Å². The van der Waals surface area contributed by atoms with Crippen LogP contribution in [-0.2, 0) is 4.74 Å². The summed E-state index contributed by atoms with van der Waals surface area (Å²) in [6, 6.07) is 0.287. The van der Waals surface area contributed by atoms with E-state index in [1.54, 1.807) is 12.4 Å². The second-order valence-corrected chi connectivity index (χ2v) is 4.17. The molecule has 2 unspecified atom stereocenters. The summed E-state index contributed by atoms with van der Waals surface area (Å²) in [5, 5.41) is 0.457. The number of hydrogen-bond acceptors (Lipinski definition) is 4. The Morgan fingerprint density at radius 2 is 2.13 bits per heavy atom. The fourth-order valence-corrected chi connectivity index (χ4v) is 1.92. The van der Waals surface area contributed by atoms with Crippen LogP contribution in [0, 0.1) is 0 Å². The number of morpholine rings is 1. The first kappa shape index (κ1) is 10.6. The molecule has 1 saturated heterocycles. The first-order valence-electron chi connectivity index (χ1n) is 5.03. The number of nitrogens with zero attached hydrogens (tertiary/aromatic N) is 3. The molecule has 2 rings (SSSR count). The van der Waals surface area contributed by atoms with E-state index in [-0.39, 0.29) is 12.1 Å². The largest absolute Gasteiger partial charge is 0.375 e. The lowest BCUT2D eigenvalue weighted by molar-refractivity contribution is 0.0340. The summed E-state index contributed by atoms with van der Waals surface area (Å²) in [6.45, 7) is 5.65. The first-order valence-corrected chi connectivity index (χ1v) is 5.41. The van der Waals surface area contributed by atoms with Gasteiger partial charge in [-0.3, -0.25) is 0 Å². The van der Waals surface area contributed by atoms with E-state index >= 15 is 0 Å². The van der Waals surface area contributed by atoms with Crippen LogP contribution in [0.1, 0.15) is 13.8 Å². The Hall–Kier alpha value is -0.870. The topological polar surface area (TPSA) is 38.2 Å². The summed E-state index contributed by atoms with van der Waals surface area (Å²) in [4.78, 5) is 10.4. The predicted molar refractivity (Wildman–Crippen MR) is 59.3 cm³/mol. The highest BCUT2D eigenvalue weighted by molar-refractivity contribution is 6.31. The summed E-state index contributed by atoms with van der Waals surface area (Å²) in [7, 11) is 0. The zero-order chi connectivity index (χ0) is 10.8. The maximum atomic E-state index is 6.01. The van der Waals surface area contributed by atoms with Crippen LogP contribution in [0.2, 0.25) is 5.15 Å². The summed E-state index contributed by atoms with van der Waals surface area (Å²) >= 11 is 6.01. The van der Waals surface area contributed by atoms with Gasteiger partial charge in [0.2, 0.25) is 0 Å². The second-order valence-electron chi connectivity index (χ2n) is 3.82. The minimum atomic E-state index is 0.208. The minimum absolute atomic E-state index is 0.208. The third-order valence-corrected chi connectivity index (χ3v) is 2.78. The molecule has 1 fully saturated rings. The molecular formula is C10H14ClN3O. The Bertz CT molecular complexity index is 347. The van der Waals surface area contributed by atoms with Crippen molar-refractivity contribution in [3.63, 3.8) is 0 Å². The third kappa shape index (κ3) is 2.21. The van der Waals surface area contributed by atoms with E-state index in [0.29, 0.717) is 11.8 Å². The molecule has 0 aromatic carbocycles. The van der Waals surface area contributed by atoms with Gasteiger partial charge in [0.15, 0.2) is 11.0 Å². The van der Waals surface area contributed by atoms with E-state index in [1.165, 1.54) is 0 Å². The van der Waals surface area contributed by atoms with Crippen molar-refractivity contribution in [1.82, 2.24) is 9.97 Å². The maximum Gasteiger partial charge on any atom is 0.171 e. The third-order valence-electron chi connectivity index (χ3n) is 2.52. The number of rotatable bonds is 1. The Morgan fingerprint density at radius 1 is 1.40 bits per heavy atom. The van der Waals surface area contributed by atoms with Gasteiger partial charge in [-0.2, -0.15) is 0 Å². The SMILES string of the molecule is CC1CN(c2nccnc2Cl)C(C)CO1. The molecule has 5 heteroatoms. The zero-order valence-electron chi connectivity index (χ0n) is 8.85. The Kier molecular flexibility index (Phi) is 3.07. The second kappa shape index (κ2) is 4.33. The average molecular weight is 228 g/mol. The highest BCUT2D eigenvalue weighted by Gasteiger charge is 2.26. The van der Waals surface area contributed by atoms with E-state index < -0.39 is 0 Å². The maximum absolute atomic E-state index is 6.01. The van der Waals surface area contributed by atoms with Crippen LogP contribution in [0.3, 0.4) is 0 Å². The van der Waals surface area contributed by atoms with Gasteiger partial charge in [-0.15, -0.1) is 0 Å². The molecule has 0 bridgehead atoms.